The van der Waals surface area contributed by atoms with E-state index in [0.29, 0.717) is 6.54 Å². The Labute approximate surface area is 63.8 Å². The van der Waals surface area contributed by atoms with Gasteiger partial charge in [-0.25, -0.2) is 9.18 Å². The average Bonchev–Trinajstić information content (AvgIpc) is 2.33. The summed E-state index contributed by atoms with van der Waals surface area (Å²) >= 11 is 0. The van der Waals surface area contributed by atoms with Crippen LogP contribution in [0.15, 0.2) is 0 Å². The molecular formula is C6H11FN2O2. The number of alkyl halides is 1. The minimum absolute atomic E-state index is 0.0845. The highest BCUT2D eigenvalue weighted by Crippen LogP contribution is 2.24. The van der Waals surface area contributed by atoms with E-state index in [9.17, 15) is 9.18 Å². The predicted octanol–water partition coefficient (Wildman–Crippen LogP) is -0.529. The lowest BCUT2D eigenvalue weighted by atomic mass is 10.1. The zero-order chi connectivity index (χ0) is 8.48. The molecule has 0 aromatic rings. The van der Waals surface area contributed by atoms with Crippen LogP contribution in [-0.2, 0) is 0 Å². The summed E-state index contributed by atoms with van der Waals surface area (Å²) in [6.45, 7) is -0.331. The fraction of sp³-hybridized carbons (Fsp3) is 0.833. The molecule has 1 rings (SSSR count). The van der Waals surface area contributed by atoms with Crippen LogP contribution in [0.1, 0.15) is 6.42 Å². The van der Waals surface area contributed by atoms with Gasteiger partial charge in [0.15, 0.2) is 5.67 Å². The Balaban J connectivity index is 2.53. The van der Waals surface area contributed by atoms with Gasteiger partial charge in [-0.15, -0.1) is 0 Å². The molecule has 11 heavy (non-hydrogen) atoms. The first-order chi connectivity index (χ1) is 5.07. The Morgan fingerprint density at radius 3 is 2.73 bits per heavy atom. The summed E-state index contributed by atoms with van der Waals surface area (Å²) in [6.07, 6.45) is 0.173. The summed E-state index contributed by atoms with van der Waals surface area (Å²) in [7, 11) is 0. The molecule has 0 radical (unpaired) electrons. The highest BCUT2D eigenvalue weighted by molar-refractivity contribution is 5.72. The lowest BCUT2D eigenvalue weighted by Gasteiger charge is -2.16. The van der Waals surface area contributed by atoms with Crippen molar-refractivity contribution >= 4 is 6.03 Å². The Morgan fingerprint density at radius 1 is 1.82 bits per heavy atom. The molecule has 3 N–H and O–H groups in total. The number of nitrogens with two attached hydrogens (primary N) is 1. The van der Waals surface area contributed by atoms with Crippen LogP contribution in [0.3, 0.4) is 0 Å². The van der Waals surface area contributed by atoms with Gasteiger partial charge in [0.25, 0.3) is 0 Å². The molecule has 0 aliphatic carbocycles. The van der Waals surface area contributed by atoms with Crippen molar-refractivity contribution in [3.63, 3.8) is 0 Å². The number of amides is 2. The van der Waals surface area contributed by atoms with E-state index in [4.69, 9.17) is 10.8 Å². The number of likely N-dealkylation sites (tertiary alicyclic amines) is 1. The number of rotatable bonds is 1. The molecule has 5 heteroatoms. The first-order valence-electron chi connectivity index (χ1n) is 3.41. The molecule has 64 valence electrons. The van der Waals surface area contributed by atoms with Gasteiger partial charge in [0.2, 0.25) is 0 Å². The molecule has 1 aliphatic heterocycles. The number of primary amides is 1. The van der Waals surface area contributed by atoms with Crippen LogP contribution in [0, 0.1) is 0 Å². The van der Waals surface area contributed by atoms with Crippen LogP contribution >= 0.6 is 0 Å². The summed E-state index contributed by atoms with van der Waals surface area (Å²) in [5.41, 5.74) is 3.28. The fourth-order valence-electron chi connectivity index (χ4n) is 1.15. The van der Waals surface area contributed by atoms with Crippen molar-refractivity contribution in [2.75, 3.05) is 19.7 Å². The van der Waals surface area contributed by atoms with Gasteiger partial charge in [-0.3, -0.25) is 0 Å². The maximum absolute atomic E-state index is 13.2. The van der Waals surface area contributed by atoms with Gasteiger partial charge in [0.05, 0.1) is 13.2 Å². The third-order valence-corrected chi connectivity index (χ3v) is 1.90. The van der Waals surface area contributed by atoms with E-state index in [2.05, 4.69) is 0 Å². The van der Waals surface area contributed by atoms with Gasteiger partial charge in [-0.2, -0.15) is 0 Å². The number of nitrogens with zero attached hydrogens (tertiary/aromatic N) is 1. The summed E-state index contributed by atoms with van der Waals surface area (Å²) in [5, 5.41) is 8.57. The molecule has 2 amide bonds. The van der Waals surface area contributed by atoms with Crippen LogP contribution in [0.4, 0.5) is 9.18 Å². The second-order valence-electron chi connectivity index (χ2n) is 2.82. The first-order valence-corrected chi connectivity index (χ1v) is 3.41. The number of carbonyl (C=O) groups is 1. The topological polar surface area (TPSA) is 66.6 Å². The molecule has 4 nitrogen and oxygen atoms in total. The highest BCUT2D eigenvalue weighted by Gasteiger charge is 2.38. The molecule has 1 heterocycles. The van der Waals surface area contributed by atoms with Gasteiger partial charge in [0, 0.05) is 13.0 Å². The van der Waals surface area contributed by atoms with Gasteiger partial charge in [-0.05, 0) is 0 Å². The summed E-state index contributed by atoms with van der Waals surface area (Å²) in [5.74, 6) is 0. The largest absolute Gasteiger partial charge is 0.393 e. The zero-order valence-corrected chi connectivity index (χ0v) is 6.09. The van der Waals surface area contributed by atoms with Crippen molar-refractivity contribution in [2.45, 2.75) is 12.1 Å². The number of carbonyl (C=O) groups excluding carboxylic acids is 1. The Hall–Kier alpha value is -0.840. The van der Waals surface area contributed by atoms with Crippen molar-refractivity contribution in [1.82, 2.24) is 4.90 Å². The van der Waals surface area contributed by atoms with E-state index in [1.807, 2.05) is 0 Å². The average molecular weight is 162 g/mol. The van der Waals surface area contributed by atoms with Crippen molar-refractivity contribution in [3.8, 4) is 0 Å². The molecule has 0 aromatic carbocycles. The molecule has 0 saturated carbocycles. The number of aliphatic hydroxyl groups excluding tert-OH is 1. The van der Waals surface area contributed by atoms with Gasteiger partial charge >= 0.3 is 6.03 Å². The standard InChI is InChI=1S/C6H11FN2O2/c7-6(4-10)1-2-9(3-6)5(8)11/h10H,1-4H2,(H2,8,11). The number of aliphatic hydroxyl groups is 1. The molecule has 1 atom stereocenters. The first kappa shape index (κ1) is 8.26. The van der Waals surface area contributed by atoms with Gasteiger partial charge < -0.3 is 15.7 Å². The van der Waals surface area contributed by atoms with Crippen molar-refractivity contribution in [3.05, 3.63) is 0 Å². The Bertz CT molecular complexity index is 176. The minimum Gasteiger partial charge on any atom is -0.393 e. The third-order valence-electron chi connectivity index (χ3n) is 1.90. The monoisotopic (exact) mass is 162 g/mol. The van der Waals surface area contributed by atoms with Crippen molar-refractivity contribution in [2.24, 2.45) is 5.73 Å². The SMILES string of the molecule is NC(=O)N1CCC(F)(CO)C1. The van der Waals surface area contributed by atoms with Crippen LogP contribution < -0.4 is 5.73 Å². The van der Waals surface area contributed by atoms with E-state index in [1.165, 1.54) is 4.90 Å². The predicted molar refractivity (Wildman–Crippen MR) is 36.7 cm³/mol. The molecule has 1 saturated heterocycles. The Kier molecular flexibility index (Phi) is 1.99. The molecular weight excluding hydrogens is 151 g/mol. The van der Waals surface area contributed by atoms with E-state index in [-0.39, 0.29) is 13.0 Å². The maximum atomic E-state index is 13.2. The van der Waals surface area contributed by atoms with Gasteiger partial charge in [-0.1, -0.05) is 0 Å². The molecule has 0 spiro atoms. The zero-order valence-electron chi connectivity index (χ0n) is 6.09. The fourth-order valence-corrected chi connectivity index (χ4v) is 1.15. The number of hydrogen-bond acceptors (Lipinski definition) is 2. The summed E-state index contributed by atoms with van der Waals surface area (Å²) < 4.78 is 13.2. The quantitative estimate of drug-likeness (QED) is 0.544. The number of halogens is 1. The van der Waals surface area contributed by atoms with Crippen LogP contribution in [0.25, 0.3) is 0 Å². The molecule has 0 aromatic heterocycles. The summed E-state index contributed by atoms with van der Waals surface area (Å²) in [6, 6.07) is -0.627. The van der Waals surface area contributed by atoms with Crippen LogP contribution in [-0.4, -0.2) is 41.4 Å². The minimum atomic E-state index is -1.63. The Morgan fingerprint density at radius 2 is 2.45 bits per heavy atom. The lowest BCUT2D eigenvalue weighted by Crippen LogP contribution is -2.38. The van der Waals surface area contributed by atoms with E-state index < -0.39 is 18.3 Å². The molecule has 1 unspecified atom stereocenters. The van der Waals surface area contributed by atoms with Crippen LogP contribution in [0.2, 0.25) is 0 Å². The molecule has 1 aliphatic rings. The lowest BCUT2D eigenvalue weighted by molar-refractivity contribution is 0.0811. The van der Waals surface area contributed by atoms with E-state index in [0.717, 1.165) is 0 Å². The summed E-state index contributed by atoms with van der Waals surface area (Å²) in [4.78, 5) is 11.7. The van der Waals surface area contributed by atoms with E-state index in [1.54, 1.807) is 0 Å². The van der Waals surface area contributed by atoms with E-state index >= 15 is 0 Å². The van der Waals surface area contributed by atoms with Crippen molar-refractivity contribution < 1.29 is 14.3 Å². The number of hydrogen-bond donors (Lipinski definition) is 2. The second kappa shape index (κ2) is 2.65. The van der Waals surface area contributed by atoms with Gasteiger partial charge in [0.1, 0.15) is 0 Å². The second-order valence-corrected chi connectivity index (χ2v) is 2.82. The maximum Gasteiger partial charge on any atom is 0.314 e. The van der Waals surface area contributed by atoms with Crippen molar-refractivity contribution in [1.29, 1.82) is 0 Å². The smallest absolute Gasteiger partial charge is 0.314 e. The third kappa shape index (κ3) is 1.59. The number of urea groups is 1. The highest BCUT2D eigenvalue weighted by atomic mass is 19.1. The molecule has 0 bridgehead atoms. The normalized spacial score (nSPS) is 30.9. The van der Waals surface area contributed by atoms with Crippen LogP contribution in [0.5, 0.6) is 0 Å². The molecule has 1 fully saturated rings.